The molecule has 0 aliphatic heterocycles. The number of rotatable bonds is 6. The average Bonchev–Trinajstić information content (AvgIpc) is 2.59. The van der Waals surface area contributed by atoms with E-state index in [0.717, 1.165) is 19.6 Å². The van der Waals surface area contributed by atoms with Gasteiger partial charge in [-0.2, -0.15) is 11.3 Å². The molecule has 0 amide bonds. The third-order valence-corrected chi connectivity index (χ3v) is 3.12. The molecular formula is C11H19NOS. The maximum atomic E-state index is 5.22. The standard InChI is InChI=1S/C11H19NOS/c1-4-5-12-11(6-13-3)10-8-14-7-9(10)2/h7-8,11-12H,4-6H2,1-3H3. The molecule has 1 rings (SSSR count). The van der Waals surface area contributed by atoms with E-state index in [1.807, 2.05) is 0 Å². The van der Waals surface area contributed by atoms with Crippen molar-refractivity contribution < 1.29 is 4.74 Å². The van der Waals surface area contributed by atoms with Crippen LogP contribution in [0.5, 0.6) is 0 Å². The Morgan fingerprint density at radius 3 is 2.79 bits per heavy atom. The minimum Gasteiger partial charge on any atom is -0.383 e. The number of nitrogens with one attached hydrogen (secondary N) is 1. The second-order valence-electron chi connectivity index (χ2n) is 3.47. The summed E-state index contributed by atoms with van der Waals surface area (Å²) in [7, 11) is 1.75. The third-order valence-electron chi connectivity index (χ3n) is 2.24. The first kappa shape index (κ1) is 11.7. The van der Waals surface area contributed by atoms with Gasteiger partial charge in [0.2, 0.25) is 0 Å². The Balaban J connectivity index is 2.62. The van der Waals surface area contributed by atoms with E-state index in [1.54, 1.807) is 18.4 Å². The van der Waals surface area contributed by atoms with Gasteiger partial charge in [-0.15, -0.1) is 0 Å². The van der Waals surface area contributed by atoms with Crippen molar-refractivity contribution >= 4 is 11.3 Å². The lowest BCUT2D eigenvalue weighted by Crippen LogP contribution is -2.26. The van der Waals surface area contributed by atoms with Crippen LogP contribution in [0.3, 0.4) is 0 Å². The first-order valence-corrected chi connectivity index (χ1v) is 5.98. The number of aryl methyl sites for hydroxylation is 1. The molecule has 1 aromatic heterocycles. The highest BCUT2D eigenvalue weighted by atomic mass is 32.1. The van der Waals surface area contributed by atoms with E-state index in [1.165, 1.54) is 11.1 Å². The Bertz CT molecular complexity index is 260. The zero-order valence-corrected chi connectivity index (χ0v) is 9.99. The largest absolute Gasteiger partial charge is 0.383 e. The van der Waals surface area contributed by atoms with Gasteiger partial charge in [0.25, 0.3) is 0 Å². The zero-order valence-electron chi connectivity index (χ0n) is 9.17. The van der Waals surface area contributed by atoms with Gasteiger partial charge in [0.05, 0.1) is 12.6 Å². The van der Waals surface area contributed by atoms with Crippen molar-refractivity contribution in [3.8, 4) is 0 Å². The van der Waals surface area contributed by atoms with Crippen LogP contribution in [0.2, 0.25) is 0 Å². The summed E-state index contributed by atoms with van der Waals surface area (Å²) in [5.41, 5.74) is 2.74. The lowest BCUT2D eigenvalue weighted by Gasteiger charge is -2.17. The van der Waals surface area contributed by atoms with Gasteiger partial charge in [-0.3, -0.25) is 0 Å². The van der Waals surface area contributed by atoms with E-state index in [9.17, 15) is 0 Å². The van der Waals surface area contributed by atoms with Crippen molar-refractivity contribution in [1.82, 2.24) is 5.32 Å². The van der Waals surface area contributed by atoms with Gasteiger partial charge < -0.3 is 10.1 Å². The lowest BCUT2D eigenvalue weighted by atomic mass is 10.1. The fraction of sp³-hybridized carbons (Fsp3) is 0.636. The predicted molar refractivity (Wildman–Crippen MR) is 62.0 cm³/mol. The van der Waals surface area contributed by atoms with Crippen LogP contribution in [0.1, 0.15) is 30.5 Å². The smallest absolute Gasteiger partial charge is 0.0658 e. The van der Waals surface area contributed by atoms with Gasteiger partial charge in [-0.05, 0) is 41.8 Å². The van der Waals surface area contributed by atoms with Gasteiger partial charge in [-0.1, -0.05) is 6.92 Å². The van der Waals surface area contributed by atoms with Crippen LogP contribution in [0.4, 0.5) is 0 Å². The second-order valence-corrected chi connectivity index (χ2v) is 4.22. The number of ether oxygens (including phenoxy) is 1. The monoisotopic (exact) mass is 213 g/mol. The molecule has 1 aromatic rings. The van der Waals surface area contributed by atoms with Crippen LogP contribution in [-0.2, 0) is 4.74 Å². The average molecular weight is 213 g/mol. The summed E-state index contributed by atoms with van der Waals surface area (Å²) in [5, 5.41) is 7.89. The molecule has 0 saturated carbocycles. The Kier molecular flexibility index (Phi) is 5.15. The van der Waals surface area contributed by atoms with Crippen LogP contribution in [-0.4, -0.2) is 20.3 Å². The number of thiophene rings is 1. The minimum absolute atomic E-state index is 0.353. The minimum atomic E-state index is 0.353. The summed E-state index contributed by atoms with van der Waals surface area (Å²) < 4.78 is 5.22. The molecule has 3 heteroatoms. The topological polar surface area (TPSA) is 21.3 Å². The van der Waals surface area contributed by atoms with E-state index in [0.29, 0.717) is 6.04 Å². The Morgan fingerprint density at radius 1 is 1.50 bits per heavy atom. The summed E-state index contributed by atoms with van der Waals surface area (Å²) in [6.07, 6.45) is 1.16. The second kappa shape index (κ2) is 6.17. The summed E-state index contributed by atoms with van der Waals surface area (Å²) in [6, 6.07) is 0.353. The molecule has 80 valence electrons. The van der Waals surface area contributed by atoms with Crippen molar-refractivity contribution in [2.45, 2.75) is 26.3 Å². The van der Waals surface area contributed by atoms with Gasteiger partial charge in [0.1, 0.15) is 0 Å². The molecule has 2 nitrogen and oxygen atoms in total. The number of methoxy groups -OCH3 is 1. The van der Waals surface area contributed by atoms with Gasteiger partial charge in [-0.25, -0.2) is 0 Å². The highest BCUT2D eigenvalue weighted by molar-refractivity contribution is 7.08. The lowest BCUT2D eigenvalue weighted by molar-refractivity contribution is 0.167. The molecule has 0 radical (unpaired) electrons. The molecule has 1 atom stereocenters. The summed E-state index contributed by atoms with van der Waals surface area (Å²) >= 11 is 1.76. The van der Waals surface area contributed by atoms with Crippen molar-refractivity contribution in [2.75, 3.05) is 20.3 Å². The Labute approximate surface area is 90.3 Å². The molecule has 0 aliphatic rings. The zero-order chi connectivity index (χ0) is 10.4. The molecule has 0 spiro atoms. The Hall–Kier alpha value is -0.380. The van der Waals surface area contributed by atoms with E-state index in [4.69, 9.17) is 4.74 Å². The van der Waals surface area contributed by atoms with Crippen LogP contribution in [0.15, 0.2) is 10.8 Å². The summed E-state index contributed by atoms with van der Waals surface area (Å²) in [6.45, 7) is 6.13. The Morgan fingerprint density at radius 2 is 2.29 bits per heavy atom. The van der Waals surface area contributed by atoms with Crippen molar-refractivity contribution in [3.05, 3.63) is 21.9 Å². The van der Waals surface area contributed by atoms with Crippen LogP contribution in [0.25, 0.3) is 0 Å². The van der Waals surface area contributed by atoms with Gasteiger partial charge in [0.15, 0.2) is 0 Å². The SMILES string of the molecule is CCCNC(COC)c1cscc1C. The summed E-state index contributed by atoms with van der Waals surface area (Å²) in [4.78, 5) is 0. The third kappa shape index (κ3) is 3.08. The van der Waals surface area contributed by atoms with Crippen LogP contribution < -0.4 is 5.32 Å². The van der Waals surface area contributed by atoms with Crippen LogP contribution >= 0.6 is 11.3 Å². The van der Waals surface area contributed by atoms with Crippen molar-refractivity contribution in [3.63, 3.8) is 0 Å². The fourth-order valence-electron chi connectivity index (χ4n) is 1.47. The van der Waals surface area contributed by atoms with E-state index < -0.39 is 0 Å². The highest BCUT2D eigenvalue weighted by Gasteiger charge is 2.12. The molecule has 1 unspecified atom stereocenters. The van der Waals surface area contributed by atoms with Gasteiger partial charge >= 0.3 is 0 Å². The molecular weight excluding hydrogens is 194 g/mol. The predicted octanol–water partition coefficient (Wildman–Crippen LogP) is 2.74. The molecule has 0 saturated heterocycles. The van der Waals surface area contributed by atoms with Gasteiger partial charge in [0, 0.05) is 7.11 Å². The molecule has 0 aliphatic carbocycles. The molecule has 1 N–H and O–H groups in total. The fourth-order valence-corrected chi connectivity index (χ4v) is 2.38. The quantitative estimate of drug-likeness (QED) is 0.784. The van der Waals surface area contributed by atoms with E-state index in [2.05, 4.69) is 29.9 Å². The molecule has 14 heavy (non-hydrogen) atoms. The van der Waals surface area contributed by atoms with Crippen molar-refractivity contribution in [1.29, 1.82) is 0 Å². The summed E-state index contributed by atoms with van der Waals surface area (Å²) in [5.74, 6) is 0. The maximum Gasteiger partial charge on any atom is 0.0658 e. The highest BCUT2D eigenvalue weighted by Crippen LogP contribution is 2.21. The first-order chi connectivity index (χ1) is 6.79. The normalized spacial score (nSPS) is 13.1. The van der Waals surface area contributed by atoms with E-state index in [-0.39, 0.29) is 0 Å². The number of hydrogen-bond donors (Lipinski definition) is 1. The first-order valence-electron chi connectivity index (χ1n) is 5.04. The molecule has 0 fully saturated rings. The maximum absolute atomic E-state index is 5.22. The molecule has 1 heterocycles. The number of hydrogen-bond acceptors (Lipinski definition) is 3. The molecule has 0 aromatic carbocycles. The van der Waals surface area contributed by atoms with Crippen LogP contribution in [0, 0.1) is 6.92 Å². The van der Waals surface area contributed by atoms with Crippen molar-refractivity contribution in [2.24, 2.45) is 0 Å². The molecule has 0 bridgehead atoms. The van der Waals surface area contributed by atoms with E-state index >= 15 is 0 Å².